The smallest absolute Gasteiger partial charge is 0.139 e. The van der Waals surface area contributed by atoms with Gasteiger partial charge in [0.2, 0.25) is 0 Å². The van der Waals surface area contributed by atoms with Crippen molar-refractivity contribution in [3.8, 4) is 0 Å². The van der Waals surface area contributed by atoms with Gasteiger partial charge in [-0.05, 0) is 12.1 Å². The maximum absolute atomic E-state index is 6.36. The van der Waals surface area contributed by atoms with Crippen molar-refractivity contribution in [1.82, 2.24) is 19.5 Å². The molecule has 0 aliphatic carbocycles. The number of benzene rings is 1. The molecule has 0 radical (unpaired) electrons. The lowest BCUT2D eigenvalue weighted by molar-refractivity contribution is 0.639. The molecule has 0 amide bonds. The van der Waals surface area contributed by atoms with E-state index in [1.807, 2.05) is 42.3 Å². The molecule has 3 aromatic rings. The van der Waals surface area contributed by atoms with Crippen LogP contribution in [0.1, 0.15) is 11.6 Å². The van der Waals surface area contributed by atoms with Crippen LogP contribution in [0.15, 0.2) is 43.1 Å². The van der Waals surface area contributed by atoms with Gasteiger partial charge in [-0.25, -0.2) is 15.0 Å². The summed E-state index contributed by atoms with van der Waals surface area (Å²) in [7, 11) is 1.98. The Morgan fingerprint density at radius 1 is 1.14 bits per heavy atom. The van der Waals surface area contributed by atoms with Gasteiger partial charge in [-0.15, -0.1) is 0 Å². The third-order valence-electron chi connectivity index (χ3n) is 4.29. The molecule has 6 heteroatoms. The van der Waals surface area contributed by atoms with E-state index < -0.39 is 0 Å². The summed E-state index contributed by atoms with van der Waals surface area (Å²) in [6.07, 6.45) is 5.49. The molecular formula is C16H18N6. The summed E-state index contributed by atoms with van der Waals surface area (Å²) in [6.45, 7) is 1.61. The van der Waals surface area contributed by atoms with Crippen LogP contribution in [-0.4, -0.2) is 38.7 Å². The predicted octanol–water partition coefficient (Wildman–Crippen LogP) is 1.29. The number of nitrogens with zero attached hydrogens (tertiary/aromatic N) is 5. The number of anilines is 1. The standard InChI is InChI=1S/C16H18N6/c1-21-8-15(20-10-21)12-6-22(7-13(12)17)16-11-4-2-3-5-14(11)18-9-19-16/h2-5,8-10,12-13H,6-7,17H2,1H3/t12-,13-/m1/s1. The molecule has 1 saturated heterocycles. The SMILES string of the molecule is Cn1cnc([C@@H]2CN(c3ncnc4ccccc34)C[C@H]2N)c1. The lowest BCUT2D eigenvalue weighted by Crippen LogP contribution is -2.29. The van der Waals surface area contributed by atoms with Crippen LogP contribution in [0.3, 0.4) is 0 Å². The molecule has 0 saturated carbocycles. The van der Waals surface area contributed by atoms with Crippen LogP contribution < -0.4 is 10.6 Å². The van der Waals surface area contributed by atoms with E-state index in [0.717, 1.165) is 35.5 Å². The Hall–Kier alpha value is -2.47. The zero-order valence-corrected chi connectivity index (χ0v) is 12.4. The molecule has 0 bridgehead atoms. The second kappa shape index (κ2) is 5.06. The topological polar surface area (TPSA) is 72.9 Å². The summed E-state index contributed by atoms with van der Waals surface area (Å²) < 4.78 is 1.96. The summed E-state index contributed by atoms with van der Waals surface area (Å²) in [5.41, 5.74) is 8.37. The van der Waals surface area contributed by atoms with Crippen LogP contribution in [0.2, 0.25) is 0 Å². The maximum atomic E-state index is 6.36. The highest BCUT2D eigenvalue weighted by molar-refractivity contribution is 5.89. The highest BCUT2D eigenvalue weighted by Crippen LogP contribution is 2.31. The minimum Gasteiger partial charge on any atom is -0.354 e. The third kappa shape index (κ3) is 2.12. The van der Waals surface area contributed by atoms with Gasteiger partial charge in [0.25, 0.3) is 0 Å². The van der Waals surface area contributed by atoms with E-state index in [9.17, 15) is 0 Å². The van der Waals surface area contributed by atoms with E-state index in [-0.39, 0.29) is 12.0 Å². The second-order valence-corrected chi connectivity index (χ2v) is 5.85. The number of fused-ring (bicyclic) bond motifs is 1. The first kappa shape index (κ1) is 13.2. The maximum Gasteiger partial charge on any atom is 0.139 e. The first-order valence-electron chi connectivity index (χ1n) is 7.40. The van der Waals surface area contributed by atoms with Crippen LogP contribution >= 0.6 is 0 Å². The van der Waals surface area contributed by atoms with Crippen molar-refractivity contribution >= 4 is 16.7 Å². The Morgan fingerprint density at radius 2 is 2.00 bits per heavy atom. The quantitative estimate of drug-likeness (QED) is 0.771. The largest absolute Gasteiger partial charge is 0.354 e. The third-order valence-corrected chi connectivity index (χ3v) is 4.29. The normalized spacial score (nSPS) is 21.6. The lowest BCUT2D eigenvalue weighted by atomic mass is 10.0. The summed E-state index contributed by atoms with van der Waals surface area (Å²) >= 11 is 0. The Morgan fingerprint density at radius 3 is 2.82 bits per heavy atom. The van der Waals surface area contributed by atoms with Crippen LogP contribution in [0.25, 0.3) is 10.9 Å². The van der Waals surface area contributed by atoms with Crippen LogP contribution in [0.4, 0.5) is 5.82 Å². The van der Waals surface area contributed by atoms with Gasteiger partial charge in [-0.1, -0.05) is 12.1 Å². The first-order valence-corrected chi connectivity index (χ1v) is 7.40. The second-order valence-electron chi connectivity index (χ2n) is 5.85. The highest BCUT2D eigenvalue weighted by atomic mass is 15.2. The molecule has 1 fully saturated rings. The average Bonchev–Trinajstić information content (AvgIpc) is 3.12. The Kier molecular flexibility index (Phi) is 3.04. The van der Waals surface area contributed by atoms with Gasteiger partial charge >= 0.3 is 0 Å². The number of para-hydroxylation sites is 1. The van der Waals surface area contributed by atoms with E-state index in [1.165, 1.54) is 0 Å². The van der Waals surface area contributed by atoms with Crippen LogP contribution in [0.5, 0.6) is 0 Å². The molecule has 4 rings (SSSR count). The van der Waals surface area contributed by atoms with E-state index in [1.54, 1.807) is 6.33 Å². The summed E-state index contributed by atoms with van der Waals surface area (Å²) in [6, 6.07) is 8.13. The fraction of sp³-hybridized carbons (Fsp3) is 0.312. The van der Waals surface area contributed by atoms with Crippen molar-refractivity contribution in [2.45, 2.75) is 12.0 Å². The molecule has 1 aromatic carbocycles. The molecule has 0 unspecified atom stereocenters. The van der Waals surface area contributed by atoms with Crippen molar-refractivity contribution in [3.05, 3.63) is 48.8 Å². The molecule has 0 spiro atoms. The molecular weight excluding hydrogens is 276 g/mol. The number of nitrogens with two attached hydrogens (primary N) is 1. The monoisotopic (exact) mass is 294 g/mol. The van der Waals surface area contributed by atoms with Gasteiger partial charge in [-0.3, -0.25) is 0 Å². The first-order chi connectivity index (χ1) is 10.7. The van der Waals surface area contributed by atoms with Crippen molar-refractivity contribution in [2.24, 2.45) is 12.8 Å². The molecule has 2 aromatic heterocycles. The zero-order valence-electron chi connectivity index (χ0n) is 12.4. The molecule has 1 aliphatic heterocycles. The fourth-order valence-electron chi connectivity index (χ4n) is 3.18. The number of aromatic nitrogens is 4. The minimum absolute atomic E-state index is 0.0589. The zero-order chi connectivity index (χ0) is 15.1. The molecule has 112 valence electrons. The summed E-state index contributed by atoms with van der Waals surface area (Å²) in [4.78, 5) is 15.5. The fourth-order valence-corrected chi connectivity index (χ4v) is 3.18. The minimum atomic E-state index is 0.0589. The van der Waals surface area contributed by atoms with Crippen molar-refractivity contribution in [2.75, 3.05) is 18.0 Å². The van der Waals surface area contributed by atoms with Crippen molar-refractivity contribution in [1.29, 1.82) is 0 Å². The van der Waals surface area contributed by atoms with E-state index >= 15 is 0 Å². The Labute approximate surface area is 128 Å². The number of hydrogen-bond acceptors (Lipinski definition) is 5. The number of rotatable bonds is 2. The summed E-state index contributed by atoms with van der Waals surface area (Å²) in [5.74, 6) is 1.19. The van der Waals surface area contributed by atoms with Crippen LogP contribution in [-0.2, 0) is 7.05 Å². The van der Waals surface area contributed by atoms with Gasteiger partial charge in [0.15, 0.2) is 0 Å². The number of aryl methyl sites for hydroxylation is 1. The number of hydrogen-bond donors (Lipinski definition) is 1. The highest BCUT2D eigenvalue weighted by Gasteiger charge is 2.34. The molecule has 6 nitrogen and oxygen atoms in total. The average molecular weight is 294 g/mol. The summed E-state index contributed by atoms with van der Waals surface area (Å²) in [5, 5.41) is 1.07. The van der Waals surface area contributed by atoms with Crippen molar-refractivity contribution in [3.63, 3.8) is 0 Å². The molecule has 3 heterocycles. The van der Waals surface area contributed by atoms with Gasteiger partial charge < -0.3 is 15.2 Å². The number of imidazole rings is 1. The molecule has 2 N–H and O–H groups in total. The van der Waals surface area contributed by atoms with Crippen molar-refractivity contribution < 1.29 is 0 Å². The molecule has 22 heavy (non-hydrogen) atoms. The Bertz CT molecular complexity index is 806. The van der Waals surface area contributed by atoms with Crippen LogP contribution in [0, 0.1) is 0 Å². The Balaban J connectivity index is 1.69. The van der Waals surface area contributed by atoms with Gasteiger partial charge in [0.1, 0.15) is 12.1 Å². The van der Waals surface area contributed by atoms with Gasteiger partial charge in [0, 0.05) is 43.7 Å². The van der Waals surface area contributed by atoms with E-state index in [4.69, 9.17) is 5.73 Å². The predicted molar refractivity (Wildman–Crippen MR) is 85.7 cm³/mol. The molecule has 2 atom stereocenters. The van der Waals surface area contributed by atoms with Gasteiger partial charge in [0.05, 0.1) is 17.5 Å². The van der Waals surface area contributed by atoms with Gasteiger partial charge in [-0.2, -0.15) is 0 Å². The van der Waals surface area contributed by atoms with E-state index in [0.29, 0.717) is 0 Å². The lowest BCUT2D eigenvalue weighted by Gasteiger charge is -2.18. The van der Waals surface area contributed by atoms with E-state index in [2.05, 4.69) is 25.9 Å². The molecule has 1 aliphatic rings.